The van der Waals surface area contributed by atoms with E-state index in [9.17, 15) is 18.5 Å². The van der Waals surface area contributed by atoms with Crippen LogP contribution in [0.2, 0.25) is 5.02 Å². The zero-order valence-corrected chi connectivity index (χ0v) is 14.3. The Morgan fingerprint density at radius 2 is 1.80 bits per heavy atom. The van der Waals surface area contributed by atoms with Crippen LogP contribution >= 0.6 is 11.6 Å². The highest BCUT2D eigenvalue weighted by atomic mass is 35.5. The lowest BCUT2D eigenvalue weighted by molar-refractivity contribution is -0.384. The maximum absolute atomic E-state index is 12.3. The SMILES string of the molecule is O=[N+]([O-])c1ccc(S(=O)(=O)/C=C/c2cc(Cl)c3c(c2)OCCO3)cc1. The van der Waals surface area contributed by atoms with Crippen LogP contribution in [0.3, 0.4) is 0 Å². The van der Waals surface area contributed by atoms with Gasteiger partial charge in [-0.3, -0.25) is 10.1 Å². The minimum Gasteiger partial charge on any atom is -0.486 e. The first kappa shape index (κ1) is 17.2. The molecule has 2 aromatic carbocycles. The molecule has 0 saturated heterocycles. The quantitative estimate of drug-likeness (QED) is 0.594. The number of ether oxygens (including phenoxy) is 2. The molecule has 1 aliphatic rings. The van der Waals surface area contributed by atoms with E-state index in [4.69, 9.17) is 21.1 Å². The molecular formula is C16H12ClNO6S. The zero-order valence-electron chi connectivity index (χ0n) is 12.7. The van der Waals surface area contributed by atoms with Gasteiger partial charge in [0.2, 0.25) is 0 Å². The Hall–Kier alpha value is -2.58. The molecule has 0 radical (unpaired) electrons. The van der Waals surface area contributed by atoms with Gasteiger partial charge in [-0.15, -0.1) is 0 Å². The molecule has 0 N–H and O–H groups in total. The summed E-state index contributed by atoms with van der Waals surface area (Å²) in [6.45, 7) is 0.786. The van der Waals surface area contributed by atoms with E-state index in [1.54, 1.807) is 12.1 Å². The van der Waals surface area contributed by atoms with Crippen molar-refractivity contribution in [3.63, 3.8) is 0 Å². The Morgan fingerprint density at radius 3 is 2.48 bits per heavy atom. The van der Waals surface area contributed by atoms with Gasteiger partial charge in [-0.25, -0.2) is 8.42 Å². The van der Waals surface area contributed by atoms with Crippen LogP contribution in [0.1, 0.15) is 5.56 Å². The maximum atomic E-state index is 12.3. The standard InChI is InChI=1S/C16H12ClNO6S/c17-14-9-11(10-15-16(14)24-7-6-23-15)5-8-25(21,22)13-3-1-12(2-4-13)18(19)20/h1-5,8-10H,6-7H2/b8-5+. The predicted molar refractivity (Wildman–Crippen MR) is 91.8 cm³/mol. The van der Waals surface area contributed by atoms with Crippen LogP contribution in [-0.4, -0.2) is 26.6 Å². The van der Waals surface area contributed by atoms with E-state index in [-0.39, 0.29) is 10.6 Å². The summed E-state index contributed by atoms with van der Waals surface area (Å²) >= 11 is 6.11. The highest BCUT2D eigenvalue weighted by molar-refractivity contribution is 7.94. The Bertz CT molecular complexity index is 953. The van der Waals surface area contributed by atoms with Crippen LogP contribution in [0.5, 0.6) is 11.5 Å². The minimum atomic E-state index is -3.75. The molecule has 0 saturated carbocycles. The molecule has 25 heavy (non-hydrogen) atoms. The average Bonchev–Trinajstić information content (AvgIpc) is 2.60. The third-order valence-electron chi connectivity index (χ3n) is 3.43. The molecule has 1 heterocycles. The lowest BCUT2D eigenvalue weighted by atomic mass is 10.2. The molecule has 3 rings (SSSR count). The number of nitrogens with zero attached hydrogens (tertiary/aromatic N) is 1. The highest BCUT2D eigenvalue weighted by Crippen LogP contribution is 2.38. The molecule has 7 nitrogen and oxygen atoms in total. The van der Waals surface area contributed by atoms with Crippen molar-refractivity contribution in [1.29, 1.82) is 0 Å². The van der Waals surface area contributed by atoms with Crippen LogP contribution in [0.4, 0.5) is 5.69 Å². The summed E-state index contributed by atoms with van der Waals surface area (Å²) in [5, 5.41) is 12.0. The van der Waals surface area contributed by atoms with E-state index >= 15 is 0 Å². The van der Waals surface area contributed by atoms with Crippen LogP contribution < -0.4 is 9.47 Å². The van der Waals surface area contributed by atoms with Gasteiger partial charge in [0.25, 0.3) is 5.69 Å². The van der Waals surface area contributed by atoms with Gasteiger partial charge in [-0.2, -0.15) is 0 Å². The van der Waals surface area contributed by atoms with Crippen LogP contribution in [0, 0.1) is 10.1 Å². The number of nitro benzene ring substituents is 1. The third kappa shape index (κ3) is 3.75. The summed E-state index contributed by atoms with van der Waals surface area (Å²) in [6, 6.07) is 7.85. The molecule has 2 aromatic rings. The van der Waals surface area contributed by atoms with Gasteiger partial charge in [0.1, 0.15) is 13.2 Å². The topological polar surface area (TPSA) is 95.7 Å². The van der Waals surface area contributed by atoms with Crippen molar-refractivity contribution in [3.8, 4) is 11.5 Å². The number of benzene rings is 2. The molecule has 0 amide bonds. The summed E-state index contributed by atoms with van der Waals surface area (Å²) in [4.78, 5) is 9.99. The minimum absolute atomic E-state index is 0.0435. The van der Waals surface area contributed by atoms with Gasteiger partial charge < -0.3 is 9.47 Å². The van der Waals surface area contributed by atoms with E-state index in [2.05, 4.69) is 0 Å². The smallest absolute Gasteiger partial charge is 0.269 e. The number of hydrogen-bond donors (Lipinski definition) is 0. The van der Waals surface area contributed by atoms with Crippen molar-refractivity contribution < 1.29 is 22.8 Å². The second-order valence-electron chi connectivity index (χ2n) is 5.13. The van der Waals surface area contributed by atoms with E-state index < -0.39 is 14.8 Å². The van der Waals surface area contributed by atoms with E-state index in [0.717, 1.165) is 17.5 Å². The van der Waals surface area contributed by atoms with Crippen LogP contribution in [0.25, 0.3) is 6.08 Å². The molecule has 0 spiro atoms. The lowest BCUT2D eigenvalue weighted by Gasteiger charge is -2.19. The molecule has 0 unspecified atom stereocenters. The summed E-state index contributed by atoms with van der Waals surface area (Å²) < 4.78 is 35.5. The maximum Gasteiger partial charge on any atom is 0.269 e. The fourth-order valence-electron chi connectivity index (χ4n) is 2.23. The summed E-state index contributed by atoms with van der Waals surface area (Å²) in [5.74, 6) is 0.884. The lowest BCUT2D eigenvalue weighted by Crippen LogP contribution is -2.15. The van der Waals surface area contributed by atoms with Crippen LogP contribution in [0.15, 0.2) is 46.7 Å². The van der Waals surface area contributed by atoms with Gasteiger partial charge in [0, 0.05) is 17.5 Å². The van der Waals surface area contributed by atoms with E-state index in [1.165, 1.54) is 18.2 Å². The van der Waals surface area contributed by atoms with Gasteiger partial charge >= 0.3 is 0 Å². The van der Waals surface area contributed by atoms with Crippen molar-refractivity contribution in [2.75, 3.05) is 13.2 Å². The fourth-order valence-corrected chi connectivity index (χ4v) is 3.51. The van der Waals surface area contributed by atoms with Crippen molar-refractivity contribution in [2.24, 2.45) is 0 Å². The van der Waals surface area contributed by atoms with Gasteiger partial charge in [-0.05, 0) is 35.9 Å². The molecule has 1 aliphatic heterocycles. The Morgan fingerprint density at radius 1 is 1.12 bits per heavy atom. The molecule has 0 atom stereocenters. The van der Waals surface area contributed by atoms with Gasteiger partial charge in [0.05, 0.1) is 14.8 Å². The normalized spacial score (nSPS) is 13.8. The highest BCUT2D eigenvalue weighted by Gasteiger charge is 2.17. The van der Waals surface area contributed by atoms with Gasteiger partial charge in [0.15, 0.2) is 21.3 Å². The number of fused-ring (bicyclic) bond motifs is 1. The molecule has 130 valence electrons. The first-order valence-corrected chi connectivity index (χ1v) is 9.06. The molecule has 0 bridgehead atoms. The number of nitro groups is 1. The molecule has 9 heteroatoms. The number of non-ortho nitro benzene ring substituents is 1. The van der Waals surface area contributed by atoms with E-state index in [0.29, 0.717) is 35.3 Å². The number of halogens is 1. The third-order valence-corrected chi connectivity index (χ3v) is 5.14. The largest absolute Gasteiger partial charge is 0.486 e. The fraction of sp³-hybridized carbons (Fsp3) is 0.125. The van der Waals surface area contributed by atoms with Crippen LogP contribution in [-0.2, 0) is 9.84 Å². The number of sulfone groups is 1. The Balaban J connectivity index is 1.87. The second-order valence-corrected chi connectivity index (χ2v) is 7.37. The molecular weight excluding hydrogens is 370 g/mol. The summed E-state index contributed by atoms with van der Waals surface area (Å²) in [6.07, 6.45) is 1.38. The van der Waals surface area contributed by atoms with Gasteiger partial charge in [-0.1, -0.05) is 11.6 Å². The summed E-state index contributed by atoms with van der Waals surface area (Å²) in [7, 11) is -3.75. The molecule has 0 fully saturated rings. The van der Waals surface area contributed by atoms with Crippen molar-refractivity contribution in [3.05, 3.63) is 62.5 Å². The van der Waals surface area contributed by atoms with Crippen molar-refractivity contribution >= 4 is 33.2 Å². The Labute approximate surface area is 148 Å². The monoisotopic (exact) mass is 381 g/mol. The summed E-state index contributed by atoms with van der Waals surface area (Å²) in [5.41, 5.74) is 0.348. The average molecular weight is 382 g/mol. The molecule has 0 aromatic heterocycles. The zero-order chi connectivity index (χ0) is 18.0. The number of rotatable bonds is 4. The van der Waals surface area contributed by atoms with E-state index in [1.807, 2.05) is 0 Å². The molecule has 0 aliphatic carbocycles. The first-order valence-electron chi connectivity index (χ1n) is 7.13. The Kier molecular flexibility index (Phi) is 4.65. The van der Waals surface area contributed by atoms with Crippen molar-refractivity contribution in [2.45, 2.75) is 4.90 Å². The second kappa shape index (κ2) is 6.73. The number of hydrogen-bond acceptors (Lipinski definition) is 6. The predicted octanol–water partition coefficient (Wildman–Crippen LogP) is 3.46. The first-order chi connectivity index (χ1) is 11.9. The van der Waals surface area contributed by atoms with Crippen molar-refractivity contribution in [1.82, 2.24) is 0 Å².